The molecule has 140 valence electrons. The van der Waals surface area contributed by atoms with Crippen LogP contribution in [-0.2, 0) is 6.54 Å². The van der Waals surface area contributed by atoms with Gasteiger partial charge in [0.1, 0.15) is 12.4 Å². The molecule has 3 aromatic rings. The average molecular weight is 370 g/mol. The third-order valence-corrected chi connectivity index (χ3v) is 3.96. The fourth-order valence-electron chi connectivity index (χ4n) is 2.61. The second kappa shape index (κ2) is 8.93. The number of rotatable bonds is 6. The molecule has 0 aliphatic heterocycles. The summed E-state index contributed by atoms with van der Waals surface area (Å²) in [5.41, 5.74) is 2.06. The highest BCUT2D eigenvalue weighted by Gasteiger charge is 2.05. The van der Waals surface area contributed by atoms with E-state index in [-0.39, 0.29) is 12.4 Å². The van der Waals surface area contributed by atoms with Gasteiger partial charge in [-0.05, 0) is 29.8 Å². The Labute approximate surface area is 156 Å². The van der Waals surface area contributed by atoms with Crippen LogP contribution in [0.4, 0.5) is 8.78 Å². The molecule has 0 aliphatic rings. The average Bonchev–Trinajstić information content (AvgIpc) is 2.70. The Balaban J connectivity index is 1.48. The number of aromatic nitrogens is 1. The van der Waals surface area contributed by atoms with Gasteiger partial charge in [-0.25, -0.2) is 8.78 Å². The molecule has 5 nitrogen and oxygen atoms in total. The molecule has 0 bridgehead atoms. The number of aliphatic imine (C=N–C) groups is 1. The van der Waals surface area contributed by atoms with Crippen LogP contribution in [0.5, 0.6) is 5.75 Å². The monoisotopic (exact) mass is 370 g/mol. The number of hydrogen-bond acceptors (Lipinski definition) is 3. The van der Waals surface area contributed by atoms with Gasteiger partial charge in [-0.15, -0.1) is 0 Å². The Morgan fingerprint density at radius 3 is 2.74 bits per heavy atom. The molecule has 0 saturated heterocycles. The fraction of sp³-hybridized carbons (Fsp3) is 0.200. The van der Waals surface area contributed by atoms with Crippen LogP contribution in [0.15, 0.2) is 59.7 Å². The van der Waals surface area contributed by atoms with Gasteiger partial charge >= 0.3 is 0 Å². The van der Waals surface area contributed by atoms with E-state index >= 15 is 0 Å². The molecule has 1 heterocycles. The lowest BCUT2D eigenvalue weighted by Crippen LogP contribution is -2.38. The predicted molar refractivity (Wildman–Crippen MR) is 102 cm³/mol. The zero-order chi connectivity index (χ0) is 19.1. The summed E-state index contributed by atoms with van der Waals surface area (Å²) in [6.45, 7) is 1.33. The Morgan fingerprint density at radius 2 is 1.93 bits per heavy atom. The predicted octanol–water partition coefficient (Wildman–Crippen LogP) is 3.26. The fourth-order valence-corrected chi connectivity index (χ4v) is 2.61. The zero-order valence-corrected chi connectivity index (χ0v) is 14.9. The zero-order valence-electron chi connectivity index (χ0n) is 14.9. The number of nitrogens with one attached hydrogen (secondary N) is 2. The first kappa shape index (κ1) is 18.6. The number of guanidine groups is 1. The first-order chi connectivity index (χ1) is 13.2. The molecule has 0 saturated carbocycles. The molecule has 2 aromatic carbocycles. The van der Waals surface area contributed by atoms with Gasteiger partial charge in [0.25, 0.3) is 0 Å². The molecule has 1 aromatic heterocycles. The summed E-state index contributed by atoms with van der Waals surface area (Å²) in [5.74, 6) is -0.928. The molecule has 27 heavy (non-hydrogen) atoms. The van der Waals surface area contributed by atoms with Crippen LogP contribution in [0.2, 0.25) is 0 Å². The number of nitrogens with zero attached hydrogens (tertiary/aromatic N) is 2. The van der Waals surface area contributed by atoms with E-state index in [1.807, 2.05) is 30.3 Å². The van der Waals surface area contributed by atoms with Crippen molar-refractivity contribution in [2.45, 2.75) is 6.54 Å². The maximum Gasteiger partial charge on any atom is 0.191 e. The second-order valence-electron chi connectivity index (χ2n) is 5.76. The van der Waals surface area contributed by atoms with Crippen LogP contribution in [0.25, 0.3) is 10.9 Å². The van der Waals surface area contributed by atoms with Crippen molar-refractivity contribution in [1.82, 2.24) is 15.6 Å². The van der Waals surface area contributed by atoms with Crippen molar-refractivity contribution < 1.29 is 13.5 Å². The van der Waals surface area contributed by atoms with E-state index in [1.54, 1.807) is 13.2 Å². The standard InChI is InChI=1S/C20H20F2N4O/c1-23-20(25-10-11-27-15-6-7-17(21)18(22)12-15)26-13-14-8-9-24-19-5-3-2-4-16(14)19/h2-9,12H,10-11,13H2,1H3,(H2,23,25,26). The molecule has 0 fully saturated rings. The summed E-state index contributed by atoms with van der Waals surface area (Å²) in [6, 6.07) is 13.4. The summed E-state index contributed by atoms with van der Waals surface area (Å²) < 4.78 is 31.4. The van der Waals surface area contributed by atoms with Gasteiger partial charge < -0.3 is 15.4 Å². The minimum atomic E-state index is -0.928. The maximum atomic E-state index is 13.1. The lowest BCUT2D eigenvalue weighted by molar-refractivity contribution is 0.318. The van der Waals surface area contributed by atoms with E-state index in [0.717, 1.165) is 28.6 Å². The van der Waals surface area contributed by atoms with Crippen molar-refractivity contribution in [2.75, 3.05) is 20.2 Å². The van der Waals surface area contributed by atoms with E-state index < -0.39 is 11.6 Å². The topological polar surface area (TPSA) is 58.5 Å². The minimum Gasteiger partial charge on any atom is -0.492 e. The van der Waals surface area contributed by atoms with E-state index in [9.17, 15) is 8.78 Å². The van der Waals surface area contributed by atoms with Crippen molar-refractivity contribution in [3.8, 4) is 5.75 Å². The van der Waals surface area contributed by atoms with Crippen molar-refractivity contribution in [1.29, 1.82) is 0 Å². The van der Waals surface area contributed by atoms with Crippen molar-refractivity contribution in [3.05, 3.63) is 71.9 Å². The number of fused-ring (bicyclic) bond motifs is 1. The third kappa shape index (κ3) is 4.91. The number of benzene rings is 2. The van der Waals surface area contributed by atoms with Crippen LogP contribution in [0, 0.1) is 11.6 Å². The van der Waals surface area contributed by atoms with Gasteiger partial charge in [-0.3, -0.25) is 9.98 Å². The van der Waals surface area contributed by atoms with E-state index in [2.05, 4.69) is 20.6 Å². The summed E-state index contributed by atoms with van der Waals surface area (Å²) >= 11 is 0. The Hall–Kier alpha value is -3.22. The van der Waals surface area contributed by atoms with E-state index in [4.69, 9.17) is 4.74 Å². The van der Waals surface area contributed by atoms with E-state index in [0.29, 0.717) is 19.0 Å². The first-order valence-corrected chi connectivity index (χ1v) is 8.52. The molecule has 0 unspecified atom stereocenters. The van der Waals surface area contributed by atoms with Crippen LogP contribution in [0.3, 0.4) is 0 Å². The van der Waals surface area contributed by atoms with Gasteiger partial charge in [0.05, 0.1) is 12.1 Å². The van der Waals surface area contributed by atoms with Gasteiger partial charge in [0.15, 0.2) is 17.6 Å². The summed E-state index contributed by atoms with van der Waals surface area (Å²) in [7, 11) is 1.68. The quantitative estimate of drug-likeness (QED) is 0.397. The second-order valence-corrected chi connectivity index (χ2v) is 5.76. The Morgan fingerprint density at radius 1 is 1.07 bits per heavy atom. The molecule has 0 aliphatic carbocycles. The third-order valence-electron chi connectivity index (χ3n) is 3.96. The maximum absolute atomic E-state index is 13.1. The van der Waals surface area contributed by atoms with Crippen LogP contribution in [-0.4, -0.2) is 31.1 Å². The van der Waals surface area contributed by atoms with Gasteiger partial charge in [0.2, 0.25) is 0 Å². The molecule has 0 amide bonds. The number of hydrogen-bond donors (Lipinski definition) is 2. The summed E-state index contributed by atoms with van der Waals surface area (Å²) in [6.07, 6.45) is 1.78. The SMILES string of the molecule is CN=C(NCCOc1ccc(F)c(F)c1)NCc1ccnc2ccccc12. The smallest absolute Gasteiger partial charge is 0.191 e. The number of pyridine rings is 1. The highest BCUT2D eigenvalue weighted by Crippen LogP contribution is 2.16. The van der Waals surface area contributed by atoms with E-state index in [1.165, 1.54) is 6.07 Å². The molecular weight excluding hydrogens is 350 g/mol. The molecule has 0 atom stereocenters. The van der Waals surface area contributed by atoms with Crippen LogP contribution >= 0.6 is 0 Å². The lowest BCUT2D eigenvalue weighted by atomic mass is 10.1. The highest BCUT2D eigenvalue weighted by molar-refractivity contribution is 5.83. The molecule has 0 radical (unpaired) electrons. The highest BCUT2D eigenvalue weighted by atomic mass is 19.2. The normalized spacial score (nSPS) is 11.4. The number of halogens is 2. The molecule has 2 N–H and O–H groups in total. The van der Waals surface area contributed by atoms with Gasteiger partial charge in [-0.1, -0.05) is 18.2 Å². The van der Waals surface area contributed by atoms with Gasteiger partial charge in [0, 0.05) is 31.2 Å². The van der Waals surface area contributed by atoms with Crippen molar-refractivity contribution in [2.24, 2.45) is 4.99 Å². The molecule has 3 rings (SSSR count). The lowest BCUT2D eigenvalue weighted by Gasteiger charge is -2.13. The first-order valence-electron chi connectivity index (χ1n) is 8.52. The van der Waals surface area contributed by atoms with Crippen LogP contribution < -0.4 is 15.4 Å². The Kier molecular flexibility index (Phi) is 6.14. The Bertz CT molecular complexity index is 941. The molecular formula is C20H20F2N4O. The molecule has 7 heteroatoms. The number of ether oxygens (including phenoxy) is 1. The van der Waals surface area contributed by atoms with Crippen molar-refractivity contribution >= 4 is 16.9 Å². The number of para-hydroxylation sites is 1. The summed E-state index contributed by atoms with van der Waals surface area (Å²) in [5, 5.41) is 7.44. The summed E-state index contributed by atoms with van der Waals surface area (Å²) in [4.78, 5) is 8.52. The largest absolute Gasteiger partial charge is 0.492 e. The van der Waals surface area contributed by atoms with Crippen LogP contribution in [0.1, 0.15) is 5.56 Å². The molecule has 0 spiro atoms. The minimum absolute atomic E-state index is 0.280. The van der Waals surface area contributed by atoms with Crippen molar-refractivity contribution in [3.63, 3.8) is 0 Å². The van der Waals surface area contributed by atoms with Gasteiger partial charge in [-0.2, -0.15) is 0 Å².